The maximum atomic E-state index is 12.6. The Morgan fingerprint density at radius 1 is 1.41 bits per heavy atom. The van der Waals surface area contributed by atoms with Gasteiger partial charge in [-0.15, -0.1) is 0 Å². The normalized spacial score (nSPS) is 21.7. The van der Waals surface area contributed by atoms with E-state index in [1.54, 1.807) is 24.1 Å². The number of hydrogen-bond acceptors (Lipinski definition) is 7. The number of aliphatic hydroxyl groups is 1. The largest absolute Gasteiger partial charge is 0.481 e. The number of aromatic nitrogens is 2. The molecule has 3 atom stereocenters. The Kier molecular flexibility index (Phi) is 5.70. The van der Waals surface area contributed by atoms with E-state index in [9.17, 15) is 14.7 Å². The highest BCUT2D eigenvalue weighted by molar-refractivity contribution is 5.94. The van der Waals surface area contributed by atoms with Crippen LogP contribution in [0.15, 0.2) is 35.2 Å². The molecule has 2 N–H and O–H groups in total. The number of methoxy groups -OCH3 is 1. The number of carbonyl (C=O) groups excluding carboxylic acids is 2. The molecule has 0 aromatic carbocycles. The van der Waals surface area contributed by atoms with E-state index in [0.717, 1.165) is 0 Å². The zero-order valence-electron chi connectivity index (χ0n) is 15.2. The molecule has 1 fully saturated rings. The minimum absolute atomic E-state index is 0.0978. The van der Waals surface area contributed by atoms with E-state index in [4.69, 9.17) is 9.26 Å². The average Bonchev–Trinajstić information content (AvgIpc) is 3.31. The molecule has 2 aromatic rings. The lowest BCUT2D eigenvalue weighted by molar-refractivity contribution is -0.134. The van der Waals surface area contributed by atoms with Crippen LogP contribution in [0.1, 0.15) is 28.9 Å². The van der Waals surface area contributed by atoms with Gasteiger partial charge in [0.1, 0.15) is 12.0 Å². The average molecular weight is 374 g/mol. The van der Waals surface area contributed by atoms with E-state index in [-0.39, 0.29) is 17.7 Å². The predicted octanol–water partition coefficient (Wildman–Crippen LogP) is 0.606. The van der Waals surface area contributed by atoms with Crippen LogP contribution >= 0.6 is 0 Å². The number of hydrogen-bond donors (Lipinski definition) is 2. The minimum Gasteiger partial charge on any atom is -0.481 e. The lowest BCUT2D eigenvalue weighted by atomic mass is 10.1. The fourth-order valence-corrected chi connectivity index (χ4v) is 3.24. The molecular formula is C18H22N4O5. The molecule has 144 valence electrons. The number of ether oxygens (including phenoxy) is 1. The SMILES string of the molecule is COc1cc(C(=O)N[C@H]2C[C@H](C(=O)N(C)Cc3ccon3)C[C@@H]2O)ccn1. The van der Waals surface area contributed by atoms with Gasteiger partial charge in [-0.3, -0.25) is 9.59 Å². The van der Waals surface area contributed by atoms with Gasteiger partial charge in [0.05, 0.1) is 25.8 Å². The highest BCUT2D eigenvalue weighted by atomic mass is 16.5. The van der Waals surface area contributed by atoms with Crippen molar-refractivity contribution in [3.8, 4) is 5.88 Å². The van der Waals surface area contributed by atoms with Gasteiger partial charge < -0.3 is 24.6 Å². The van der Waals surface area contributed by atoms with Gasteiger partial charge >= 0.3 is 0 Å². The molecule has 0 saturated heterocycles. The maximum absolute atomic E-state index is 12.6. The highest BCUT2D eigenvalue weighted by Gasteiger charge is 2.39. The summed E-state index contributed by atoms with van der Waals surface area (Å²) in [7, 11) is 3.15. The molecule has 2 amide bonds. The first-order chi connectivity index (χ1) is 13.0. The first-order valence-corrected chi connectivity index (χ1v) is 8.61. The minimum atomic E-state index is -0.785. The molecular weight excluding hydrogens is 352 g/mol. The van der Waals surface area contributed by atoms with Crippen LogP contribution in [0.3, 0.4) is 0 Å². The monoisotopic (exact) mass is 374 g/mol. The smallest absolute Gasteiger partial charge is 0.251 e. The number of nitrogens with one attached hydrogen (secondary N) is 1. The Labute approximate surface area is 156 Å². The lowest BCUT2D eigenvalue weighted by Crippen LogP contribution is -2.40. The maximum Gasteiger partial charge on any atom is 0.251 e. The number of rotatable bonds is 6. The van der Waals surface area contributed by atoms with E-state index in [0.29, 0.717) is 36.5 Å². The van der Waals surface area contributed by atoms with Crippen LogP contribution in [0, 0.1) is 5.92 Å². The molecule has 2 aromatic heterocycles. The van der Waals surface area contributed by atoms with Gasteiger partial charge in [-0.2, -0.15) is 0 Å². The van der Waals surface area contributed by atoms with E-state index in [1.807, 2.05) is 0 Å². The molecule has 0 unspecified atom stereocenters. The zero-order chi connectivity index (χ0) is 19.4. The number of pyridine rings is 1. The Hall–Kier alpha value is -2.94. The van der Waals surface area contributed by atoms with Crippen LogP contribution in [0.25, 0.3) is 0 Å². The summed E-state index contributed by atoms with van der Waals surface area (Å²) in [5.74, 6) is -0.477. The van der Waals surface area contributed by atoms with Gasteiger partial charge in [0.15, 0.2) is 0 Å². The number of carbonyl (C=O) groups is 2. The van der Waals surface area contributed by atoms with Gasteiger partial charge in [0.2, 0.25) is 11.8 Å². The summed E-state index contributed by atoms with van der Waals surface area (Å²) >= 11 is 0. The van der Waals surface area contributed by atoms with Gasteiger partial charge in [-0.05, 0) is 18.9 Å². The molecule has 0 spiro atoms. The fraction of sp³-hybridized carbons (Fsp3) is 0.444. The molecule has 27 heavy (non-hydrogen) atoms. The van der Waals surface area contributed by atoms with E-state index in [1.165, 1.54) is 25.6 Å². The van der Waals surface area contributed by atoms with E-state index < -0.39 is 12.1 Å². The summed E-state index contributed by atoms with van der Waals surface area (Å²) in [5.41, 5.74) is 1.04. The Morgan fingerprint density at radius 3 is 2.93 bits per heavy atom. The fourth-order valence-electron chi connectivity index (χ4n) is 3.24. The van der Waals surface area contributed by atoms with Crippen molar-refractivity contribution >= 4 is 11.8 Å². The summed E-state index contributed by atoms with van der Waals surface area (Å²) in [5, 5.41) is 16.9. The molecule has 1 saturated carbocycles. The van der Waals surface area contributed by atoms with Crippen LogP contribution < -0.4 is 10.1 Å². The molecule has 3 rings (SSSR count). The first kappa shape index (κ1) is 18.8. The molecule has 0 bridgehead atoms. The van der Waals surface area contributed by atoms with E-state index >= 15 is 0 Å². The predicted molar refractivity (Wildman–Crippen MR) is 93.8 cm³/mol. The summed E-state index contributed by atoms with van der Waals surface area (Å²) in [6, 6.07) is 4.28. The van der Waals surface area contributed by atoms with Crippen molar-refractivity contribution in [2.45, 2.75) is 31.5 Å². The molecule has 0 aliphatic heterocycles. The molecule has 0 radical (unpaired) electrons. The third-order valence-electron chi connectivity index (χ3n) is 4.67. The van der Waals surface area contributed by atoms with Crippen molar-refractivity contribution in [3.63, 3.8) is 0 Å². The summed E-state index contributed by atoms with van der Waals surface area (Å²) in [6.07, 6.45) is 2.81. The molecule has 1 aliphatic rings. The van der Waals surface area contributed by atoms with Crippen LogP contribution in [-0.2, 0) is 11.3 Å². The molecule has 9 nitrogen and oxygen atoms in total. The van der Waals surface area contributed by atoms with Crippen LogP contribution in [-0.4, -0.2) is 58.3 Å². The van der Waals surface area contributed by atoms with Crippen molar-refractivity contribution < 1.29 is 24.0 Å². The second kappa shape index (κ2) is 8.17. The van der Waals surface area contributed by atoms with Crippen molar-refractivity contribution in [3.05, 3.63) is 41.9 Å². The quantitative estimate of drug-likeness (QED) is 0.760. The third kappa shape index (κ3) is 4.43. The van der Waals surface area contributed by atoms with E-state index in [2.05, 4.69) is 15.5 Å². The lowest BCUT2D eigenvalue weighted by Gasteiger charge is -2.20. The molecule has 1 aliphatic carbocycles. The van der Waals surface area contributed by atoms with Crippen molar-refractivity contribution in [2.75, 3.05) is 14.2 Å². The van der Waals surface area contributed by atoms with Gasteiger partial charge in [-0.1, -0.05) is 5.16 Å². The number of aliphatic hydroxyl groups excluding tert-OH is 1. The third-order valence-corrected chi connectivity index (χ3v) is 4.67. The summed E-state index contributed by atoms with van der Waals surface area (Å²) in [4.78, 5) is 30.5. The molecule has 9 heteroatoms. The first-order valence-electron chi connectivity index (χ1n) is 8.61. The number of amides is 2. The van der Waals surface area contributed by atoms with Crippen molar-refractivity contribution in [1.29, 1.82) is 0 Å². The molecule has 2 heterocycles. The van der Waals surface area contributed by atoms with Crippen molar-refractivity contribution in [2.24, 2.45) is 5.92 Å². The Bertz CT molecular complexity index is 795. The summed E-state index contributed by atoms with van der Waals surface area (Å²) in [6.45, 7) is 0.329. The van der Waals surface area contributed by atoms with Crippen molar-refractivity contribution in [1.82, 2.24) is 20.4 Å². The van der Waals surface area contributed by atoms with Crippen LogP contribution in [0.2, 0.25) is 0 Å². The second-order valence-electron chi connectivity index (χ2n) is 6.59. The van der Waals surface area contributed by atoms with Gasteiger partial charge in [0.25, 0.3) is 5.91 Å². The highest BCUT2D eigenvalue weighted by Crippen LogP contribution is 2.28. The summed E-state index contributed by atoms with van der Waals surface area (Å²) < 4.78 is 9.78. The van der Waals surface area contributed by atoms with Crippen LogP contribution in [0.5, 0.6) is 5.88 Å². The Morgan fingerprint density at radius 2 is 2.22 bits per heavy atom. The van der Waals surface area contributed by atoms with Gasteiger partial charge in [0, 0.05) is 36.9 Å². The second-order valence-corrected chi connectivity index (χ2v) is 6.59. The Balaban J connectivity index is 1.58. The zero-order valence-corrected chi connectivity index (χ0v) is 15.2. The standard InChI is InChI=1S/C18H22N4O5/c1-22(10-13-4-6-27-21-13)18(25)12-7-14(15(23)8-12)20-17(24)11-3-5-19-16(9-11)26-2/h3-6,9,12,14-15,23H,7-8,10H2,1-2H3,(H,20,24)/t12-,14-,15-/m0/s1. The van der Waals surface area contributed by atoms with Crippen LogP contribution in [0.4, 0.5) is 0 Å². The topological polar surface area (TPSA) is 118 Å². The van der Waals surface area contributed by atoms with Gasteiger partial charge in [-0.25, -0.2) is 4.98 Å². The number of nitrogens with zero attached hydrogens (tertiary/aromatic N) is 3.